The Labute approximate surface area is 84.9 Å². The van der Waals surface area contributed by atoms with Gasteiger partial charge in [0.25, 0.3) is 0 Å². The Hall–Kier alpha value is -0.900. The van der Waals surface area contributed by atoms with Crippen LogP contribution in [0.1, 0.15) is 51.4 Å². The van der Waals surface area contributed by atoms with Gasteiger partial charge < -0.3 is 10.3 Å². The molecule has 0 spiro atoms. The van der Waals surface area contributed by atoms with Crippen LogP contribution in [-0.2, 0) is 6.42 Å². The number of hydrogen-bond acceptors (Lipinski definition) is 4. The van der Waals surface area contributed by atoms with E-state index in [1.807, 2.05) is 0 Å². The van der Waals surface area contributed by atoms with Crippen molar-refractivity contribution in [1.82, 2.24) is 10.1 Å². The van der Waals surface area contributed by atoms with Crippen molar-refractivity contribution in [1.29, 1.82) is 0 Å². The van der Waals surface area contributed by atoms with E-state index >= 15 is 0 Å². The molecule has 1 atom stereocenters. The Morgan fingerprint density at radius 1 is 1.43 bits per heavy atom. The van der Waals surface area contributed by atoms with Crippen LogP contribution in [0.3, 0.4) is 0 Å². The zero-order chi connectivity index (χ0) is 10.6. The number of nitrogens with zero attached hydrogens (tertiary/aromatic N) is 2. The van der Waals surface area contributed by atoms with Gasteiger partial charge in [-0.1, -0.05) is 32.3 Å². The quantitative estimate of drug-likeness (QED) is 0.784. The molecule has 0 aromatic carbocycles. The molecule has 0 unspecified atom stereocenters. The number of rotatable bonds is 5. The largest absolute Gasteiger partial charge is 0.338 e. The van der Waals surface area contributed by atoms with Crippen molar-refractivity contribution in [2.45, 2.75) is 46.1 Å². The highest BCUT2D eigenvalue weighted by molar-refractivity contribution is 4.92. The summed E-state index contributed by atoms with van der Waals surface area (Å²) in [5, 5.41) is 3.89. The molecule has 0 aliphatic rings. The van der Waals surface area contributed by atoms with E-state index in [1.54, 1.807) is 0 Å². The van der Waals surface area contributed by atoms with Crippen molar-refractivity contribution < 1.29 is 4.52 Å². The van der Waals surface area contributed by atoms with Crippen molar-refractivity contribution in [3.8, 4) is 0 Å². The number of nitrogens with two attached hydrogens (primary N) is 1. The molecule has 0 aliphatic heterocycles. The highest BCUT2D eigenvalue weighted by atomic mass is 16.5. The molecule has 1 rings (SSSR count). The Bertz CT molecular complexity index is 270. The molecular weight excluding hydrogens is 178 g/mol. The molecule has 0 aliphatic carbocycles. The first-order chi connectivity index (χ1) is 6.63. The summed E-state index contributed by atoms with van der Waals surface area (Å²) in [6.07, 6.45) is 2.77. The molecule has 0 fully saturated rings. The van der Waals surface area contributed by atoms with Gasteiger partial charge in [0, 0.05) is 6.42 Å². The first-order valence-electron chi connectivity index (χ1n) is 5.21. The van der Waals surface area contributed by atoms with Crippen molar-refractivity contribution in [3.63, 3.8) is 0 Å². The van der Waals surface area contributed by atoms with Crippen LogP contribution >= 0.6 is 0 Å². The molecule has 1 aromatic rings. The first-order valence-corrected chi connectivity index (χ1v) is 5.21. The predicted octanol–water partition coefficient (Wildman–Crippen LogP) is 2.07. The van der Waals surface area contributed by atoms with Gasteiger partial charge in [-0.3, -0.25) is 0 Å². The van der Waals surface area contributed by atoms with Gasteiger partial charge in [-0.05, 0) is 12.3 Å². The van der Waals surface area contributed by atoms with Gasteiger partial charge >= 0.3 is 0 Å². The summed E-state index contributed by atoms with van der Waals surface area (Å²) in [6, 6.07) is -0.103. The Morgan fingerprint density at radius 3 is 2.71 bits per heavy atom. The van der Waals surface area contributed by atoms with Crippen LogP contribution in [0.25, 0.3) is 0 Å². The average molecular weight is 197 g/mol. The van der Waals surface area contributed by atoms with E-state index in [2.05, 4.69) is 30.9 Å². The second-order valence-electron chi connectivity index (χ2n) is 4.04. The number of hydrogen-bond donors (Lipinski definition) is 1. The molecule has 0 saturated heterocycles. The maximum Gasteiger partial charge on any atom is 0.243 e. The maximum atomic E-state index is 5.85. The Morgan fingerprint density at radius 2 is 2.14 bits per heavy atom. The molecule has 14 heavy (non-hydrogen) atoms. The van der Waals surface area contributed by atoms with Crippen molar-refractivity contribution in [2.75, 3.05) is 0 Å². The first kappa shape index (κ1) is 11.2. The summed E-state index contributed by atoms with van der Waals surface area (Å²) in [7, 11) is 0. The van der Waals surface area contributed by atoms with Crippen LogP contribution < -0.4 is 5.73 Å². The van der Waals surface area contributed by atoms with Crippen molar-refractivity contribution in [3.05, 3.63) is 11.7 Å². The van der Waals surface area contributed by atoms with Crippen molar-refractivity contribution >= 4 is 0 Å². The second kappa shape index (κ2) is 5.10. The molecular formula is C10H19N3O. The summed E-state index contributed by atoms with van der Waals surface area (Å²) in [4.78, 5) is 4.27. The minimum absolute atomic E-state index is 0.103. The molecule has 1 aromatic heterocycles. The normalized spacial score (nSPS) is 13.5. The van der Waals surface area contributed by atoms with E-state index in [0.717, 1.165) is 25.1 Å². The molecule has 0 amide bonds. The van der Waals surface area contributed by atoms with Gasteiger partial charge in [0.05, 0.1) is 6.04 Å². The van der Waals surface area contributed by atoms with Gasteiger partial charge in [-0.15, -0.1) is 0 Å². The van der Waals surface area contributed by atoms with Crippen LogP contribution in [0, 0.1) is 5.92 Å². The van der Waals surface area contributed by atoms with E-state index in [-0.39, 0.29) is 6.04 Å². The minimum Gasteiger partial charge on any atom is -0.338 e. The summed E-state index contributed by atoms with van der Waals surface area (Å²) >= 11 is 0. The molecule has 4 heteroatoms. The summed E-state index contributed by atoms with van der Waals surface area (Å²) in [5.41, 5.74) is 5.85. The van der Waals surface area contributed by atoms with Gasteiger partial charge in [-0.2, -0.15) is 4.98 Å². The third-order valence-corrected chi connectivity index (χ3v) is 1.99. The lowest BCUT2D eigenvalue weighted by Gasteiger charge is -2.02. The molecule has 80 valence electrons. The summed E-state index contributed by atoms with van der Waals surface area (Å²) < 4.78 is 5.09. The minimum atomic E-state index is -0.103. The van der Waals surface area contributed by atoms with Crippen LogP contribution in [0.2, 0.25) is 0 Å². The van der Waals surface area contributed by atoms with Crippen molar-refractivity contribution in [2.24, 2.45) is 11.7 Å². The second-order valence-corrected chi connectivity index (χ2v) is 4.04. The zero-order valence-electron chi connectivity index (χ0n) is 9.16. The smallest absolute Gasteiger partial charge is 0.243 e. The van der Waals surface area contributed by atoms with E-state index < -0.39 is 0 Å². The molecule has 1 heterocycles. The van der Waals surface area contributed by atoms with Gasteiger partial charge in [0.1, 0.15) is 0 Å². The lowest BCUT2D eigenvalue weighted by atomic mass is 10.1. The predicted molar refractivity (Wildman–Crippen MR) is 54.7 cm³/mol. The Kier molecular flexibility index (Phi) is 4.07. The average Bonchev–Trinajstić information content (AvgIpc) is 2.52. The van der Waals surface area contributed by atoms with E-state index in [9.17, 15) is 0 Å². The SMILES string of the molecule is CCC[C@@H](N)c1nc(CC(C)C)no1. The molecule has 0 saturated carbocycles. The van der Waals surface area contributed by atoms with Gasteiger partial charge in [-0.25, -0.2) is 0 Å². The van der Waals surface area contributed by atoms with E-state index in [0.29, 0.717) is 11.8 Å². The number of aromatic nitrogens is 2. The third-order valence-electron chi connectivity index (χ3n) is 1.99. The highest BCUT2D eigenvalue weighted by Crippen LogP contribution is 2.14. The Balaban J connectivity index is 2.58. The van der Waals surface area contributed by atoms with Crippen LogP contribution in [0.15, 0.2) is 4.52 Å². The van der Waals surface area contributed by atoms with E-state index in [1.165, 1.54) is 0 Å². The summed E-state index contributed by atoms with van der Waals surface area (Å²) in [6.45, 7) is 6.34. The van der Waals surface area contributed by atoms with E-state index in [4.69, 9.17) is 10.3 Å². The topological polar surface area (TPSA) is 64.9 Å². The fourth-order valence-electron chi connectivity index (χ4n) is 1.30. The summed E-state index contributed by atoms with van der Waals surface area (Å²) in [5.74, 6) is 1.88. The maximum absolute atomic E-state index is 5.85. The standard InChI is InChI=1S/C10H19N3O/c1-4-5-8(11)10-12-9(13-14-10)6-7(2)3/h7-8H,4-6,11H2,1-3H3/t8-/m1/s1. The molecule has 0 radical (unpaired) electrons. The third kappa shape index (κ3) is 3.10. The van der Waals surface area contributed by atoms with Gasteiger partial charge in [0.2, 0.25) is 5.89 Å². The molecule has 4 nitrogen and oxygen atoms in total. The van der Waals surface area contributed by atoms with Crippen LogP contribution in [0.5, 0.6) is 0 Å². The lowest BCUT2D eigenvalue weighted by molar-refractivity contribution is 0.343. The highest BCUT2D eigenvalue weighted by Gasteiger charge is 2.14. The molecule has 0 bridgehead atoms. The zero-order valence-corrected chi connectivity index (χ0v) is 9.16. The fourth-order valence-corrected chi connectivity index (χ4v) is 1.30. The van der Waals surface area contributed by atoms with Crippen LogP contribution in [0.4, 0.5) is 0 Å². The molecule has 2 N–H and O–H groups in total. The van der Waals surface area contributed by atoms with Gasteiger partial charge in [0.15, 0.2) is 5.82 Å². The lowest BCUT2D eigenvalue weighted by Crippen LogP contribution is -2.10. The fraction of sp³-hybridized carbons (Fsp3) is 0.800. The monoisotopic (exact) mass is 197 g/mol. The van der Waals surface area contributed by atoms with Crippen LogP contribution in [-0.4, -0.2) is 10.1 Å².